The number of nitrogens with one attached hydrogen (secondary N) is 1. The van der Waals surface area contributed by atoms with Crippen molar-refractivity contribution in [3.63, 3.8) is 0 Å². The topological polar surface area (TPSA) is 81.4 Å². The molecule has 1 fully saturated rings. The summed E-state index contributed by atoms with van der Waals surface area (Å²) in [5.41, 5.74) is 0.0823. The lowest BCUT2D eigenvalue weighted by molar-refractivity contribution is -0.136. The summed E-state index contributed by atoms with van der Waals surface area (Å²) in [4.78, 5) is 32.2. The molecule has 1 aromatic carbocycles. The summed E-state index contributed by atoms with van der Waals surface area (Å²) in [5, 5.41) is 3.74. The molecule has 224 valence electrons. The summed E-state index contributed by atoms with van der Waals surface area (Å²) >= 11 is 0. The number of anilines is 1. The van der Waals surface area contributed by atoms with Crippen LogP contribution < -0.4 is 10.7 Å². The number of rotatable bonds is 7. The SMILES string of the molecule is C[C@@H]1CCN(C(=O)Nc2ccccc2C(F)(F)F)C[C@@H]1n1ccc(=O)c2cnc3c(ccn3COCC[Si](C)(C)C)c21. The second-order valence-corrected chi connectivity index (χ2v) is 17.9. The summed E-state index contributed by atoms with van der Waals surface area (Å²) in [6.07, 6.45) is 1.28. The van der Waals surface area contributed by atoms with Gasteiger partial charge in [0.2, 0.25) is 0 Å². The fourth-order valence-corrected chi connectivity index (χ4v) is 6.20. The van der Waals surface area contributed by atoms with Crippen LogP contribution >= 0.6 is 0 Å². The molecule has 1 aliphatic heterocycles. The lowest BCUT2D eigenvalue weighted by Gasteiger charge is -2.39. The number of fused-ring (bicyclic) bond motifs is 3. The van der Waals surface area contributed by atoms with Gasteiger partial charge in [0.05, 0.1) is 28.2 Å². The number of aromatic nitrogens is 3. The summed E-state index contributed by atoms with van der Waals surface area (Å²) < 4.78 is 50.4. The second kappa shape index (κ2) is 11.6. The zero-order chi connectivity index (χ0) is 30.2. The van der Waals surface area contributed by atoms with Crippen LogP contribution in [-0.2, 0) is 17.6 Å². The number of halogens is 3. The van der Waals surface area contributed by atoms with Crippen LogP contribution in [0.15, 0.2) is 59.8 Å². The van der Waals surface area contributed by atoms with Crippen LogP contribution in [0.1, 0.15) is 24.9 Å². The molecule has 0 spiro atoms. The van der Waals surface area contributed by atoms with Crippen molar-refractivity contribution in [1.82, 2.24) is 19.0 Å². The molecule has 1 aliphatic rings. The monoisotopic (exact) mass is 599 g/mol. The minimum Gasteiger partial charge on any atom is -0.361 e. The van der Waals surface area contributed by atoms with E-state index < -0.39 is 25.8 Å². The first kappa shape index (κ1) is 29.8. The number of hydrogen-bond donors (Lipinski definition) is 1. The van der Waals surface area contributed by atoms with Gasteiger partial charge in [0, 0.05) is 57.8 Å². The molecule has 2 atom stereocenters. The lowest BCUT2D eigenvalue weighted by atomic mass is 9.92. The van der Waals surface area contributed by atoms with Gasteiger partial charge in [0.1, 0.15) is 12.4 Å². The van der Waals surface area contributed by atoms with E-state index in [0.29, 0.717) is 37.3 Å². The molecule has 0 bridgehead atoms. The highest BCUT2D eigenvalue weighted by atomic mass is 28.3. The predicted octanol–water partition coefficient (Wildman–Crippen LogP) is 6.80. The Bertz CT molecular complexity index is 1660. The van der Waals surface area contributed by atoms with Gasteiger partial charge in [-0.2, -0.15) is 13.2 Å². The first-order chi connectivity index (χ1) is 19.8. The third kappa shape index (κ3) is 6.24. The Labute approximate surface area is 243 Å². The number of para-hydroxylation sites is 1. The van der Waals surface area contributed by atoms with Gasteiger partial charge >= 0.3 is 12.2 Å². The molecule has 1 N–H and O–H groups in total. The Morgan fingerprint density at radius 1 is 1.12 bits per heavy atom. The average Bonchev–Trinajstić information content (AvgIpc) is 3.34. The fraction of sp³-hybridized carbons (Fsp3) is 0.433. The summed E-state index contributed by atoms with van der Waals surface area (Å²) in [7, 11) is -1.23. The first-order valence-electron chi connectivity index (χ1n) is 14.1. The van der Waals surface area contributed by atoms with E-state index in [0.717, 1.165) is 23.0 Å². The number of nitrogens with zero attached hydrogens (tertiary/aromatic N) is 4. The lowest BCUT2D eigenvalue weighted by Crippen LogP contribution is -2.46. The van der Waals surface area contributed by atoms with Crippen LogP contribution in [0.5, 0.6) is 0 Å². The Balaban J connectivity index is 1.44. The third-order valence-electron chi connectivity index (χ3n) is 7.93. The van der Waals surface area contributed by atoms with Crippen molar-refractivity contribution >= 4 is 41.7 Å². The van der Waals surface area contributed by atoms with Crippen molar-refractivity contribution in [2.75, 3.05) is 25.0 Å². The van der Waals surface area contributed by atoms with Gasteiger partial charge in [-0.1, -0.05) is 38.7 Å². The van der Waals surface area contributed by atoms with Gasteiger partial charge in [-0.25, -0.2) is 9.78 Å². The van der Waals surface area contributed by atoms with Crippen molar-refractivity contribution in [3.05, 3.63) is 70.8 Å². The zero-order valence-electron chi connectivity index (χ0n) is 24.2. The number of benzene rings is 1. The van der Waals surface area contributed by atoms with Gasteiger partial charge in [-0.3, -0.25) is 4.79 Å². The van der Waals surface area contributed by atoms with E-state index >= 15 is 0 Å². The van der Waals surface area contributed by atoms with Crippen LogP contribution in [0.25, 0.3) is 21.9 Å². The number of ether oxygens (including phenoxy) is 1. The molecule has 1 saturated heterocycles. The number of carbonyl (C=O) groups is 1. The maximum absolute atomic E-state index is 13.5. The maximum atomic E-state index is 13.5. The maximum Gasteiger partial charge on any atom is 0.418 e. The van der Waals surface area contributed by atoms with E-state index in [-0.39, 0.29) is 29.6 Å². The molecule has 0 saturated carbocycles. The van der Waals surface area contributed by atoms with Gasteiger partial charge < -0.3 is 24.1 Å². The molecule has 5 rings (SSSR count). The molecule has 42 heavy (non-hydrogen) atoms. The van der Waals surface area contributed by atoms with Crippen LogP contribution in [-0.4, -0.2) is 52.8 Å². The van der Waals surface area contributed by atoms with Crippen LogP contribution in [0.4, 0.5) is 23.7 Å². The largest absolute Gasteiger partial charge is 0.418 e. The molecule has 3 aromatic heterocycles. The minimum absolute atomic E-state index is 0.136. The highest BCUT2D eigenvalue weighted by Gasteiger charge is 2.35. The molecule has 12 heteroatoms. The summed E-state index contributed by atoms with van der Waals surface area (Å²) in [5.74, 6) is 0.136. The Kier molecular flexibility index (Phi) is 8.21. The van der Waals surface area contributed by atoms with E-state index in [2.05, 4.69) is 36.9 Å². The molecule has 4 heterocycles. The van der Waals surface area contributed by atoms with Gasteiger partial charge in [0.15, 0.2) is 5.43 Å². The van der Waals surface area contributed by atoms with Crippen molar-refractivity contribution in [2.24, 2.45) is 5.92 Å². The molecule has 4 aromatic rings. The second-order valence-electron chi connectivity index (χ2n) is 12.2. The smallest absolute Gasteiger partial charge is 0.361 e. The molecule has 0 radical (unpaired) electrons. The van der Waals surface area contributed by atoms with E-state index in [1.807, 2.05) is 21.4 Å². The predicted molar refractivity (Wildman–Crippen MR) is 160 cm³/mol. The fourth-order valence-electron chi connectivity index (χ4n) is 5.45. The molecule has 2 amide bonds. The van der Waals surface area contributed by atoms with E-state index in [1.54, 1.807) is 12.4 Å². The zero-order valence-corrected chi connectivity index (χ0v) is 25.2. The quantitative estimate of drug-likeness (QED) is 0.187. The van der Waals surface area contributed by atoms with Gasteiger partial charge in [-0.05, 0) is 36.6 Å². The van der Waals surface area contributed by atoms with E-state index in [1.165, 1.54) is 29.2 Å². The normalized spacial score (nSPS) is 18.1. The molecule has 0 unspecified atom stereocenters. The molecule has 8 nitrogen and oxygen atoms in total. The van der Waals surface area contributed by atoms with Gasteiger partial charge in [0.25, 0.3) is 0 Å². The van der Waals surface area contributed by atoms with Crippen molar-refractivity contribution in [2.45, 2.75) is 58.0 Å². The first-order valence-corrected chi connectivity index (χ1v) is 17.8. The molecular weight excluding hydrogens is 563 g/mol. The van der Waals surface area contributed by atoms with Crippen molar-refractivity contribution in [1.29, 1.82) is 0 Å². The average molecular weight is 600 g/mol. The Morgan fingerprint density at radius 3 is 2.62 bits per heavy atom. The number of urea groups is 1. The van der Waals surface area contributed by atoms with Crippen molar-refractivity contribution < 1.29 is 22.7 Å². The molecule has 0 aliphatic carbocycles. The number of alkyl halides is 3. The number of likely N-dealkylation sites (tertiary alicyclic amines) is 1. The Morgan fingerprint density at radius 2 is 1.88 bits per heavy atom. The standard InChI is InChI=1S/C30H36F3N5O3Si/c1-20-9-12-36(29(40)35-24-8-6-5-7-23(24)30(31,32)33)18-25(20)38-14-11-26(39)22-17-34-28-21(27(22)38)10-13-37(28)19-41-15-16-42(2,3)4/h5-8,10-11,13-14,17,20,25H,9,12,15-16,18-19H2,1-4H3,(H,35,40)/t20-,25+/m1/s1. The van der Waals surface area contributed by atoms with Crippen molar-refractivity contribution in [3.8, 4) is 0 Å². The molecular formula is C30H36F3N5O3Si. The summed E-state index contributed by atoms with van der Waals surface area (Å²) in [6, 6.07) is 8.62. The van der Waals surface area contributed by atoms with E-state index in [4.69, 9.17) is 4.74 Å². The number of piperidine rings is 1. The third-order valence-corrected chi connectivity index (χ3v) is 9.64. The number of hydrogen-bond acceptors (Lipinski definition) is 4. The summed E-state index contributed by atoms with van der Waals surface area (Å²) in [6.45, 7) is 10.7. The Hall–Kier alpha value is -3.64. The minimum atomic E-state index is -4.59. The highest BCUT2D eigenvalue weighted by Crippen LogP contribution is 2.36. The van der Waals surface area contributed by atoms with Gasteiger partial charge in [-0.15, -0.1) is 0 Å². The number of pyridine rings is 2. The number of amides is 2. The van der Waals surface area contributed by atoms with Crippen LogP contribution in [0.2, 0.25) is 25.7 Å². The highest BCUT2D eigenvalue weighted by molar-refractivity contribution is 6.76. The van der Waals surface area contributed by atoms with E-state index in [9.17, 15) is 22.8 Å². The van der Waals surface area contributed by atoms with Crippen LogP contribution in [0, 0.1) is 5.92 Å². The van der Waals surface area contributed by atoms with Crippen LogP contribution in [0.3, 0.4) is 0 Å². The number of carbonyl (C=O) groups excluding carboxylic acids is 1.